The van der Waals surface area contributed by atoms with Crippen molar-refractivity contribution in [2.75, 3.05) is 0 Å². The molecule has 0 amide bonds. The van der Waals surface area contributed by atoms with Gasteiger partial charge in [-0.25, -0.2) is 0 Å². The zero-order valence-electron chi connectivity index (χ0n) is 9.12. The maximum Gasteiger partial charge on any atom is 0.449 e. The van der Waals surface area contributed by atoms with Crippen molar-refractivity contribution in [3.63, 3.8) is 0 Å². The van der Waals surface area contributed by atoms with E-state index < -0.39 is 17.9 Å². The first kappa shape index (κ1) is 13.3. The molecule has 1 rings (SSSR count). The van der Waals surface area contributed by atoms with E-state index in [1.807, 2.05) is 0 Å². The van der Waals surface area contributed by atoms with E-state index in [4.69, 9.17) is 0 Å². The fourth-order valence-corrected chi connectivity index (χ4v) is 1.19. The molecule has 0 saturated heterocycles. The predicted octanol–water partition coefficient (Wildman–Crippen LogP) is 3.24. The van der Waals surface area contributed by atoms with Crippen LogP contribution in [0, 0.1) is 0 Å². The zero-order valence-corrected chi connectivity index (χ0v) is 9.12. The molecular weight excluding hydrogens is 233 g/mol. The van der Waals surface area contributed by atoms with E-state index in [0.29, 0.717) is 5.56 Å². The Morgan fingerprint density at radius 1 is 1.29 bits per heavy atom. The van der Waals surface area contributed by atoms with Crippen molar-refractivity contribution in [2.24, 2.45) is 0 Å². The molecule has 0 fully saturated rings. The van der Waals surface area contributed by atoms with E-state index in [1.54, 1.807) is 30.3 Å². The largest absolute Gasteiger partial charge is 0.449 e. The minimum Gasteiger partial charge on any atom is -0.422 e. The number of alkyl halides is 3. The lowest BCUT2D eigenvalue weighted by Crippen LogP contribution is -2.17. The van der Waals surface area contributed by atoms with Crippen molar-refractivity contribution in [1.29, 1.82) is 0 Å². The van der Waals surface area contributed by atoms with Crippen LogP contribution in [0.3, 0.4) is 0 Å². The molecule has 0 heterocycles. The van der Waals surface area contributed by atoms with Crippen LogP contribution in [0.15, 0.2) is 42.2 Å². The SMILES string of the molecule is CC(=O)OC(=CCc1ccccc1)C(F)(F)F. The summed E-state index contributed by atoms with van der Waals surface area (Å²) < 4.78 is 41.4. The maximum atomic E-state index is 12.4. The Labute approximate surface area is 96.7 Å². The molecule has 0 aliphatic heterocycles. The molecule has 1 aromatic rings. The van der Waals surface area contributed by atoms with Crippen molar-refractivity contribution < 1.29 is 22.7 Å². The Morgan fingerprint density at radius 2 is 1.88 bits per heavy atom. The monoisotopic (exact) mass is 244 g/mol. The number of carbonyl (C=O) groups is 1. The third kappa shape index (κ3) is 4.72. The number of allylic oxidation sites excluding steroid dienone is 2. The number of ether oxygens (including phenoxy) is 1. The van der Waals surface area contributed by atoms with Gasteiger partial charge in [-0.15, -0.1) is 0 Å². The van der Waals surface area contributed by atoms with Crippen LogP contribution < -0.4 is 0 Å². The Balaban J connectivity index is 2.80. The summed E-state index contributed by atoms with van der Waals surface area (Å²) in [4.78, 5) is 10.5. The van der Waals surface area contributed by atoms with Crippen molar-refractivity contribution in [3.8, 4) is 0 Å². The summed E-state index contributed by atoms with van der Waals surface area (Å²) in [6.45, 7) is 0.933. The van der Waals surface area contributed by atoms with Crippen molar-refractivity contribution >= 4 is 5.97 Å². The lowest BCUT2D eigenvalue weighted by Gasteiger charge is -2.10. The van der Waals surface area contributed by atoms with Crippen LogP contribution >= 0.6 is 0 Å². The first-order valence-corrected chi connectivity index (χ1v) is 4.89. The highest BCUT2D eigenvalue weighted by atomic mass is 19.4. The molecule has 1 aromatic carbocycles. The minimum atomic E-state index is -4.65. The van der Waals surface area contributed by atoms with E-state index in [-0.39, 0.29) is 6.42 Å². The first-order chi connectivity index (χ1) is 7.89. The van der Waals surface area contributed by atoms with Gasteiger partial charge in [0.25, 0.3) is 0 Å². The Morgan fingerprint density at radius 3 is 2.35 bits per heavy atom. The van der Waals surface area contributed by atoms with Crippen LogP contribution in [0.4, 0.5) is 13.2 Å². The molecular formula is C12H11F3O2. The summed E-state index contributed by atoms with van der Waals surface area (Å²) in [6.07, 6.45) is -3.74. The number of benzene rings is 1. The van der Waals surface area contributed by atoms with Gasteiger partial charge in [0.2, 0.25) is 5.76 Å². The summed E-state index contributed by atoms with van der Waals surface area (Å²) in [7, 11) is 0. The van der Waals surface area contributed by atoms with Crippen LogP contribution in [0.25, 0.3) is 0 Å². The Bertz CT molecular complexity index is 408. The van der Waals surface area contributed by atoms with Gasteiger partial charge < -0.3 is 4.74 Å². The molecule has 0 aliphatic rings. The van der Waals surface area contributed by atoms with Gasteiger partial charge in [0, 0.05) is 6.92 Å². The van der Waals surface area contributed by atoms with Crippen LogP contribution in [0.5, 0.6) is 0 Å². The molecule has 0 aromatic heterocycles. The fourth-order valence-electron chi connectivity index (χ4n) is 1.19. The quantitative estimate of drug-likeness (QED) is 0.602. The molecule has 17 heavy (non-hydrogen) atoms. The molecule has 0 N–H and O–H groups in total. The number of esters is 1. The summed E-state index contributed by atoms with van der Waals surface area (Å²) in [6, 6.07) is 8.60. The number of hydrogen-bond acceptors (Lipinski definition) is 2. The maximum absolute atomic E-state index is 12.4. The van der Waals surface area contributed by atoms with Gasteiger partial charge >= 0.3 is 12.1 Å². The van der Waals surface area contributed by atoms with Crippen LogP contribution in [0.2, 0.25) is 0 Å². The molecule has 2 nitrogen and oxygen atoms in total. The average Bonchev–Trinajstić information content (AvgIpc) is 2.23. The Kier molecular flexibility index (Phi) is 4.31. The van der Waals surface area contributed by atoms with Gasteiger partial charge in [-0.1, -0.05) is 30.3 Å². The number of hydrogen-bond donors (Lipinski definition) is 0. The van der Waals surface area contributed by atoms with Crippen LogP contribution in [0.1, 0.15) is 12.5 Å². The molecule has 0 bridgehead atoms. The van der Waals surface area contributed by atoms with Gasteiger partial charge in [-0.3, -0.25) is 4.79 Å². The molecule has 0 saturated carbocycles. The Hall–Kier alpha value is -1.78. The van der Waals surface area contributed by atoms with Gasteiger partial charge in [0.15, 0.2) is 0 Å². The predicted molar refractivity (Wildman–Crippen MR) is 56.1 cm³/mol. The second-order valence-electron chi connectivity index (χ2n) is 3.35. The highest BCUT2D eigenvalue weighted by molar-refractivity contribution is 5.67. The molecule has 0 unspecified atom stereocenters. The summed E-state index contributed by atoms with van der Waals surface area (Å²) in [5.41, 5.74) is 0.710. The smallest absolute Gasteiger partial charge is 0.422 e. The van der Waals surface area contributed by atoms with Crippen LogP contribution in [-0.2, 0) is 16.0 Å². The number of halogens is 3. The molecule has 0 radical (unpaired) electrons. The molecule has 92 valence electrons. The second kappa shape index (κ2) is 5.52. The van der Waals surface area contributed by atoms with E-state index >= 15 is 0 Å². The summed E-state index contributed by atoms with van der Waals surface area (Å²) >= 11 is 0. The van der Waals surface area contributed by atoms with E-state index in [0.717, 1.165) is 13.0 Å². The van der Waals surface area contributed by atoms with Gasteiger partial charge in [0.1, 0.15) is 0 Å². The van der Waals surface area contributed by atoms with Gasteiger partial charge in [-0.05, 0) is 18.1 Å². The molecule has 0 aliphatic carbocycles. The summed E-state index contributed by atoms with van der Waals surface area (Å²) in [5, 5.41) is 0. The lowest BCUT2D eigenvalue weighted by atomic mass is 10.1. The molecule has 5 heteroatoms. The van der Waals surface area contributed by atoms with Crippen molar-refractivity contribution in [1.82, 2.24) is 0 Å². The van der Waals surface area contributed by atoms with Crippen molar-refractivity contribution in [3.05, 3.63) is 47.7 Å². The fraction of sp³-hybridized carbons (Fsp3) is 0.250. The normalized spacial score (nSPS) is 12.4. The molecule has 0 atom stereocenters. The average molecular weight is 244 g/mol. The van der Waals surface area contributed by atoms with E-state index in [1.165, 1.54) is 0 Å². The standard InChI is InChI=1S/C12H11F3O2/c1-9(16)17-11(12(13,14)15)8-7-10-5-3-2-4-6-10/h2-6,8H,7H2,1H3. The third-order valence-corrected chi connectivity index (χ3v) is 1.90. The minimum absolute atomic E-state index is 0.0585. The number of rotatable bonds is 3. The van der Waals surface area contributed by atoms with E-state index in [2.05, 4.69) is 4.74 Å². The van der Waals surface area contributed by atoms with E-state index in [9.17, 15) is 18.0 Å². The van der Waals surface area contributed by atoms with Gasteiger partial charge in [-0.2, -0.15) is 13.2 Å². The number of carbonyl (C=O) groups excluding carboxylic acids is 1. The second-order valence-corrected chi connectivity index (χ2v) is 3.35. The first-order valence-electron chi connectivity index (χ1n) is 4.89. The third-order valence-electron chi connectivity index (χ3n) is 1.90. The highest BCUT2D eigenvalue weighted by Gasteiger charge is 2.36. The van der Waals surface area contributed by atoms with Crippen molar-refractivity contribution in [2.45, 2.75) is 19.5 Å². The van der Waals surface area contributed by atoms with Crippen LogP contribution in [-0.4, -0.2) is 12.1 Å². The topological polar surface area (TPSA) is 26.3 Å². The highest BCUT2D eigenvalue weighted by Crippen LogP contribution is 2.27. The zero-order chi connectivity index (χ0) is 12.9. The lowest BCUT2D eigenvalue weighted by molar-refractivity contribution is -0.158. The summed E-state index contributed by atoms with van der Waals surface area (Å²) in [5.74, 6) is -2.25. The molecule has 0 spiro atoms. The van der Waals surface area contributed by atoms with Gasteiger partial charge in [0.05, 0.1) is 0 Å².